The maximum atomic E-state index is 14.3. The molecule has 14 nitrogen and oxygen atoms in total. The van der Waals surface area contributed by atoms with Gasteiger partial charge in [-0.1, -0.05) is 36.7 Å². The van der Waals surface area contributed by atoms with Crippen molar-refractivity contribution in [3.05, 3.63) is 104 Å². The number of alkyl halides is 6. The van der Waals surface area contributed by atoms with Gasteiger partial charge in [0, 0.05) is 26.2 Å². The van der Waals surface area contributed by atoms with Crippen LogP contribution in [-0.2, 0) is 41.4 Å². The zero-order chi connectivity index (χ0) is 42.2. The van der Waals surface area contributed by atoms with Crippen molar-refractivity contribution in [2.45, 2.75) is 45.2 Å². The maximum absolute atomic E-state index is 14.3. The highest BCUT2D eigenvalue weighted by molar-refractivity contribution is 6.33. The minimum Gasteiger partial charge on any atom is -0.497 e. The summed E-state index contributed by atoms with van der Waals surface area (Å²) in [5, 5.41) is 10.6. The number of nitrogens with one attached hydrogen (secondary N) is 1. The van der Waals surface area contributed by atoms with E-state index < -0.39 is 53.1 Å². The van der Waals surface area contributed by atoms with E-state index in [9.17, 15) is 40.7 Å². The second-order valence-electron chi connectivity index (χ2n) is 13.7. The number of amides is 2. The summed E-state index contributed by atoms with van der Waals surface area (Å²) in [5.74, 6) is -0.800. The molecule has 0 radical (unpaired) electrons. The summed E-state index contributed by atoms with van der Waals surface area (Å²) >= 11 is 6.12. The van der Waals surface area contributed by atoms with E-state index in [1.807, 2.05) is 0 Å². The Morgan fingerprint density at radius 3 is 2.34 bits per heavy atom. The minimum atomic E-state index is -4.87. The fraction of sp³-hybridized carbons (Fsp3) is 0.368. The number of ether oxygens (including phenoxy) is 2. The van der Waals surface area contributed by atoms with Crippen LogP contribution in [0.25, 0.3) is 11.4 Å². The quantitative estimate of drug-likeness (QED) is 0.173. The first-order valence-corrected chi connectivity index (χ1v) is 18.7. The number of hydrogen-bond acceptors (Lipinski definition) is 9. The number of carbonyl (C=O) groups excluding carboxylic acids is 2. The van der Waals surface area contributed by atoms with E-state index in [1.54, 1.807) is 42.2 Å². The van der Waals surface area contributed by atoms with Crippen molar-refractivity contribution in [2.75, 3.05) is 56.7 Å². The Morgan fingerprint density at radius 1 is 1.00 bits per heavy atom. The first-order chi connectivity index (χ1) is 28.1. The van der Waals surface area contributed by atoms with Crippen molar-refractivity contribution in [3.8, 4) is 5.75 Å². The van der Waals surface area contributed by atoms with Crippen molar-refractivity contribution in [1.82, 2.24) is 33.8 Å². The summed E-state index contributed by atoms with van der Waals surface area (Å²) in [6.45, 7) is 1.74. The first kappa shape index (κ1) is 41.3. The largest absolute Gasteiger partial charge is 0.497 e. The van der Waals surface area contributed by atoms with Crippen LogP contribution < -0.4 is 20.5 Å². The molecular weight excluding hydrogens is 812 g/mol. The molecule has 2 aliphatic heterocycles. The van der Waals surface area contributed by atoms with Gasteiger partial charge in [-0.25, -0.2) is 0 Å². The van der Waals surface area contributed by atoms with Gasteiger partial charge in [0.15, 0.2) is 5.82 Å². The van der Waals surface area contributed by atoms with Crippen molar-refractivity contribution < 1.29 is 45.4 Å². The van der Waals surface area contributed by atoms with Crippen LogP contribution in [0, 0.1) is 0 Å². The number of nitrogens with zero attached hydrogens (tertiary/aromatic N) is 8. The molecule has 59 heavy (non-hydrogen) atoms. The Kier molecular flexibility index (Phi) is 11.5. The summed E-state index contributed by atoms with van der Waals surface area (Å²) in [4.78, 5) is 49.4. The summed E-state index contributed by atoms with van der Waals surface area (Å²) in [6, 6.07) is 9.11. The molecular formula is C38H36ClF6N9O5. The smallest absolute Gasteiger partial charge is 0.420 e. The molecule has 0 aliphatic carbocycles. The number of methoxy groups -OCH3 is 1. The molecule has 5 aromatic rings. The number of halogens is 7. The predicted octanol–water partition coefficient (Wildman–Crippen LogP) is 5.80. The zero-order valence-corrected chi connectivity index (χ0v) is 32.3. The lowest BCUT2D eigenvalue weighted by molar-refractivity contribution is -0.138. The summed E-state index contributed by atoms with van der Waals surface area (Å²) < 4.78 is 96.6. The second-order valence-corrected chi connectivity index (χ2v) is 14.1. The molecule has 312 valence electrons. The number of hydrogen-bond donors (Lipinski definition) is 1. The molecule has 1 saturated heterocycles. The molecule has 7 rings (SSSR count). The van der Waals surface area contributed by atoms with Gasteiger partial charge in [-0.05, 0) is 54.3 Å². The van der Waals surface area contributed by atoms with E-state index in [2.05, 4.69) is 20.5 Å². The highest BCUT2D eigenvalue weighted by Crippen LogP contribution is 2.35. The lowest BCUT2D eigenvalue weighted by Gasteiger charge is -2.37. The number of benzene rings is 2. The van der Waals surface area contributed by atoms with Crippen LogP contribution >= 0.6 is 11.6 Å². The van der Waals surface area contributed by atoms with Gasteiger partial charge in [-0.15, -0.1) is 5.10 Å². The van der Waals surface area contributed by atoms with Gasteiger partial charge in [-0.3, -0.25) is 19.1 Å². The lowest BCUT2D eigenvalue weighted by Crippen LogP contribution is -2.51. The van der Waals surface area contributed by atoms with Crippen LogP contribution in [0.5, 0.6) is 5.75 Å². The van der Waals surface area contributed by atoms with Gasteiger partial charge < -0.3 is 29.2 Å². The van der Waals surface area contributed by atoms with E-state index in [-0.39, 0.29) is 67.1 Å². The van der Waals surface area contributed by atoms with Crippen LogP contribution in [-0.4, -0.2) is 92.2 Å². The first-order valence-electron chi connectivity index (χ1n) is 18.3. The van der Waals surface area contributed by atoms with Crippen LogP contribution in [0.2, 0.25) is 5.02 Å². The van der Waals surface area contributed by atoms with Crippen molar-refractivity contribution in [2.24, 2.45) is 0 Å². The summed E-state index contributed by atoms with van der Waals surface area (Å²) in [6.07, 6.45) is -6.48. The van der Waals surface area contributed by atoms with Gasteiger partial charge in [0.2, 0.25) is 11.7 Å². The van der Waals surface area contributed by atoms with E-state index in [0.29, 0.717) is 54.5 Å². The number of carbonyl (C=O) groups is 2. The fourth-order valence-electron chi connectivity index (χ4n) is 7.05. The number of fused-ring (bicyclic) bond motifs is 1. The van der Waals surface area contributed by atoms with Crippen molar-refractivity contribution in [1.29, 1.82) is 0 Å². The van der Waals surface area contributed by atoms with Gasteiger partial charge >= 0.3 is 12.4 Å². The third kappa shape index (κ3) is 8.49. The lowest BCUT2D eigenvalue weighted by atomic mass is 10.1. The normalized spacial score (nSPS) is 15.1. The van der Waals surface area contributed by atoms with Crippen LogP contribution in [0.4, 0.5) is 37.7 Å². The molecule has 0 spiro atoms. The zero-order valence-electron chi connectivity index (χ0n) is 31.5. The van der Waals surface area contributed by atoms with Crippen LogP contribution in [0.15, 0.2) is 59.5 Å². The third-order valence-electron chi connectivity index (χ3n) is 10.0. The highest BCUT2D eigenvalue weighted by Gasteiger charge is 2.41. The molecule has 2 aliphatic rings. The molecule has 2 amide bonds. The SMILES string of the molecule is CCc1c(N2CCN(C(=O)c3c(C(F)(F)F)cnn3Cc3ccc(OC)cc3)CC2)c(=O)n2nc(C3=CCOCC3)nc2n1CC(=O)Nc1ccc(C(F)(F)F)cc1Cl. The predicted molar refractivity (Wildman–Crippen MR) is 203 cm³/mol. The number of rotatable bonds is 10. The Balaban J connectivity index is 1.20. The summed E-state index contributed by atoms with van der Waals surface area (Å²) in [5.41, 5.74) is -1.69. The summed E-state index contributed by atoms with van der Waals surface area (Å²) in [7, 11) is 1.48. The van der Waals surface area contributed by atoms with E-state index in [4.69, 9.17) is 21.1 Å². The minimum absolute atomic E-state index is 0.0187. The molecule has 3 aromatic heterocycles. The van der Waals surface area contributed by atoms with E-state index >= 15 is 0 Å². The molecule has 2 aromatic carbocycles. The Labute approximate surface area is 336 Å². The average molecular weight is 848 g/mol. The van der Waals surface area contributed by atoms with Crippen LogP contribution in [0.3, 0.4) is 0 Å². The number of anilines is 2. The van der Waals surface area contributed by atoms with Gasteiger partial charge in [0.25, 0.3) is 11.5 Å². The molecule has 0 atom stereocenters. The highest BCUT2D eigenvalue weighted by atomic mass is 35.5. The Hall–Kier alpha value is -5.89. The van der Waals surface area contributed by atoms with Gasteiger partial charge in [-0.2, -0.15) is 40.9 Å². The molecule has 0 saturated carbocycles. The molecule has 5 heterocycles. The third-order valence-corrected chi connectivity index (χ3v) is 10.3. The molecule has 1 N–H and O–H groups in total. The van der Waals surface area contributed by atoms with Crippen molar-refractivity contribution in [3.63, 3.8) is 0 Å². The number of piperazine rings is 1. The van der Waals surface area contributed by atoms with E-state index in [0.717, 1.165) is 21.3 Å². The van der Waals surface area contributed by atoms with Gasteiger partial charge in [0.05, 0.1) is 55.0 Å². The number of aromatic nitrogens is 6. The monoisotopic (exact) mass is 847 g/mol. The molecule has 0 unspecified atom stereocenters. The topological polar surface area (TPSA) is 141 Å². The van der Waals surface area contributed by atoms with Crippen molar-refractivity contribution >= 4 is 46.1 Å². The Morgan fingerprint density at radius 2 is 1.73 bits per heavy atom. The standard InChI is InChI=1S/C38H36ClF6N9O5/c1-3-29-32(50-12-14-51(15-13-50)34(56)31-26(38(43,44)45)19-46-53(31)20-22-4-7-25(58-2)8-5-22)35(57)54-36(48-33(49-54)23-10-16-59-17-11-23)52(29)21-30(55)47-28-9-6-24(18-27(28)39)37(40,41)42/h4-10,18-19H,3,11-17,20-21H2,1-2H3,(H,47,55). The van der Waals surface area contributed by atoms with Gasteiger partial charge in [0.1, 0.15) is 29.2 Å². The second kappa shape index (κ2) is 16.4. The molecule has 0 bridgehead atoms. The fourth-order valence-corrected chi connectivity index (χ4v) is 7.27. The van der Waals surface area contributed by atoms with Crippen LogP contribution in [0.1, 0.15) is 52.0 Å². The molecule has 21 heteroatoms. The Bertz CT molecular complexity index is 2490. The molecule has 1 fully saturated rings. The average Bonchev–Trinajstić information content (AvgIpc) is 3.86. The maximum Gasteiger partial charge on any atom is 0.420 e. The van der Waals surface area contributed by atoms with E-state index in [1.165, 1.54) is 16.6 Å².